The normalized spacial score (nSPS) is 42.8. The molecule has 0 bridgehead atoms. The highest BCUT2D eigenvalue weighted by atomic mass is 16.5. The van der Waals surface area contributed by atoms with Gasteiger partial charge in [-0.05, 0) is 136 Å². The number of H-pyrrole nitrogens is 1. The van der Waals surface area contributed by atoms with Crippen LogP contribution in [0.25, 0.3) is 11.3 Å². The number of nitrogens with zero attached hydrogens (tertiary/aromatic N) is 2. The van der Waals surface area contributed by atoms with Crippen molar-refractivity contribution in [2.24, 2.45) is 68.0 Å². The molecule has 6 aliphatic carbocycles. The van der Waals surface area contributed by atoms with E-state index in [1.165, 1.54) is 25.7 Å². The Morgan fingerprint density at radius 1 is 0.772 bits per heavy atom. The van der Waals surface area contributed by atoms with Crippen molar-refractivity contribution < 1.29 is 24.2 Å². The number of benzene rings is 1. The van der Waals surface area contributed by atoms with Crippen LogP contribution < -0.4 is 0 Å². The molecule has 12 atom stereocenters. The third kappa shape index (κ3) is 5.41. The Morgan fingerprint density at radius 3 is 2.25 bits per heavy atom. The Morgan fingerprint density at radius 2 is 1.53 bits per heavy atom. The number of aryl methyl sites for hydroxylation is 1. The average Bonchev–Trinajstić information content (AvgIpc) is 3.91. The van der Waals surface area contributed by atoms with Crippen molar-refractivity contribution in [2.45, 2.75) is 157 Å². The summed E-state index contributed by atoms with van der Waals surface area (Å²) >= 11 is 0. The summed E-state index contributed by atoms with van der Waals surface area (Å²) in [7, 11) is 0. The number of carboxylic acids is 1. The number of carbonyl (C=O) groups excluding carboxylic acids is 2. The molecule has 1 saturated heterocycles. The Balaban J connectivity index is 0.933. The van der Waals surface area contributed by atoms with Crippen LogP contribution in [-0.4, -0.2) is 50.5 Å². The number of rotatable bonds is 6. The molecule has 1 aromatic carbocycles. The first kappa shape index (κ1) is 39.3. The second-order valence-corrected chi connectivity index (χ2v) is 22.2. The number of amides is 1. The van der Waals surface area contributed by atoms with Crippen LogP contribution in [-0.2, 0) is 19.1 Å². The summed E-state index contributed by atoms with van der Waals surface area (Å²) in [5, 5.41) is 9.68. The SMILES string of the molecule is Cc1[nH]c([C@@H]2CCCN2C(=O)[C@]23CCC[C@@H]2[C@H]2CCC4[C@@]5(C)CC[C@H](OC(=O)[C@H]6C[C@@H](C(=O)O)C6(C)C)C(C)(C)C5CC[C@@]4(C)[C@]2(C)CC3)nc1-c1ccccc1. The minimum Gasteiger partial charge on any atom is -0.481 e. The Bertz CT molecular complexity index is 1940. The fourth-order valence-corrected chi connectivity index (χ4v) is 16.2. The van der Waals surface area contributed by atoms with Crippen molar-refractivity contribution in [1.29, 1.82) is 0 Å². The molecule has 1 aliphatic heterocycles. The van der Waals surface area contributed by atoms with Crippen molar-refractivity contribution in [3.05, 3.63) is 41.9 Å². The molecule has 1 amide bonds. The van der Waals surface area contributed by atoms with E-state index in [9.17, 15) is 14.7 Å². The predicted octanol–water partition coefficient (Wildman–Crippen LogP) is 10.6. The van der Waals surface area contributed by atoms with Gasteiger partial charge < -0.3 is 19.7 Å². The number of hydrogen-bond acceptors (Lipinski definition) is 5. The van der Waals surface area contributed by atoms with Crippen LogP contribution in [0.15, 0.2) is 30.3 Å². The third-order valence-corrected chi connectivity index (χ3v) is 19.6. The van der Waals surface area contributed by atoms with E-state index < -0.39 is 17.3 Å². The van der Waals surface area contributed by atoms with E-state index in [2.05, 4.69) is 75.7 Å². The van der Waals surface area contributed by atoms with Gasteiger partial charge in [0.15, 0.2) is 0 Å². The van der Waals surface area contributed by atoms with Crippen LogP contribution in [0.5, 0.6) is 0 Å². The summed E-state index contributed by atoms with van der Waals surface area (Å²) in [4.78, 5) is 51.8. The molecule has 8 nitrogen and oxygen atoms in total. The summed E-state index contributed by atoms with van der Waals surface area (Å²) < 4.78 is 6.45. The molecule has 8 heteroatoms. The Labute approximate surface area is 341 Å². The largest absolute Gasteiger partial charge is 0.481 e. The molecule has 0 radical (unpaired) electrons. The lowest BCUT2D eigenvalue weighted by Crippen LogP contribution is -2.67. The average molecular weight is 780 g/mol. The second kappa shape index (κ2) is 13.2. The summed E-state index contributed by atoms with van der Waals surface area (Å²) in [5.41, 5.74) is 2.70. The van der Waals surface area contributed by atoms with Crippen LogP contribution in [0.2, 0.25) is 0 Å². The van der Waals surface area contributed by atoms with Crippen LogP contribution in [0.4, 0.5) is 0 Å². The highest BCUT2D eigenvalue weighted by molar-refractivity contribution is 5.84. The number of ether oxygens (including phenoxy) is 1. The van der Waals surface area contributed by atoms with Gasteiger partial charge in [0, 0.05) is 23.2 Å². The van der Waals surface area contributed by atoms with Crippen LogP contribution >= 0.6 is 0 Å². The lowest BCUT2D eigenvalue weighted by molar-refractivity contribution is -0.250. The molecule has 9 rings (SSSR count). The van der Waals surface area contributed by atoms with Gasteiger partial charge in [-0.15, -0.1) is 0 Å². The molecule has 0 spiro atoms. The smallest absolute Gasteiger partial charge is 0.309 e. The lowest BCUT2D eigenvalue weighted by Gasteiger charge is -2.72. The van der Waals surface area contributed by atoms with Gasteiger partial charge in [0.2, 0.25) is 5.91 Å². The number of imidazole rings is 1. The van der Waals surface area contributed by atoms with Gasteiger partial charge in [-0.25, -0.2) is 4.98 Å². The number of carbonyl (C=O) groups is 3. The number of aliphatic carboxylic acids is 1. The number of esters is 1. The number of aromatic nitrogens is 2. The molecule has 2 N–H and O–H groups in total. The van der Waals surface area contributed by atoms with Gasteiger partial charge in [0.1, 0.15) is 11.9 Å². The predicted molar refractivity (Wildman–Crippen MR) is 221 cm³/mol. The first-order valence-electron chi connectivity index (χ1n) is 22.8. The van der Waals surface area contributed by atoms with Crippen molar-refractivity contribution in [3.63, 3.8) is 0 Å². The molecular formula is C49H69N3O5. The molecule has 7 fully saturated rings. The van der Waals surface area contributed by atoms with Crippen molar-refractivity contribution >= 4 is 17.8 Å². The topological polar surface area (TPSA) is 113 Å². The third-order valence-electron chi connectivity index (χ3n) is 19.6. The first-order chi connectivity index (χ1) is 26.9. The number of fused-ring (bicyclic) bond motifs is 7. The van der Waals surface area contributed by atoms with Crippen LogP contribution in [0.1, 0.15) is 156 Å². The Kier molecular flexibility index (Phi) is 9.08. The zero-order chi connectivity index (χ0) is 40.5. The fraction of sp³-hybridized carbons (Fsp3) is 0.755. The van der Waals surface area contributed by atoms with Crippen molar-refractivity contribution in [3.8, 4) is 11.3 Å². The quantitative estimate of drug-likeness (QED) is 0.282. The van der Waals surface area contributed by atoms with E-state index in [4.69, 9.17) is 9.72 Å². The van der Waals surface area contributed by atoms with E-state index in [-0.39, 0.29) is 51.1 Å². The zero-order valence-corrected chi connectivity index (χ0v) is 36.1. The maximum atomic E-state index is 15.3. The maximum Gasteiger partial charge on any atom is 0.309 e. The highest BCUT2D eigenvalue weighted by Crippen LogP contribution is 2.77. The molecule has 2 aromatic rings. The van der Waals surface area contributed by atoms with Crippen LogP contribution in [0, 0.1) is 74.9 Å². The van der Waals surface area contributed by atoms with Gasteiger partial charge in [-0.1, -0.05) is 85.2 Å². The second-order valence-electron chi connectivity index (χ2n) is 22.2. The van der Waals surface area contributed by atoms with Gasteiger partial charge in [0.25, 0.3) is 0 Å². The van der Waals surface area contributed by atoms with E-state index in [1.807, 2.05) is 19.9 Å². The molecule has 310 valence electrons. The first-order valence-corrected chi connectivity index (χ1v) is 22.8. The maximum absolute atomic E-state index is 15.3. The van der Waals surface area contributed by atoms with Gasteiger partial charge >= 0.3 is 11.9 Å². The summed E-state index contributed by atoms with van der Waals surface area (Å²) in [5.74, 6) is 1.56. The zero-order valence-electron chi connectivity index (χ0n) is 36.1. The summed E-state index contributed by atoms with van der Waals surface area (Å²) in [6.45, 7) is 19.4. The number of hydrogen-bond donors (Lipinski definition) is 2. The Hall–Kier alpha value is -3.16. The van der Waals surface area contributed by atoms with Gasteiger partial charge in [0.05, 0.1) is 29.0 Å². The number of carboxylic acid groups (broad SMARTS) is 1. The van der Waals surface area contributed by atoms with E-state index >= 15 is 4.79 Å². The van der Waals surface area contributed by atoms with E-state index in [0.717, 1.165) is 87.1 Å². The standard InChI is InChI=1S/C49H69N3O5/c1-29-39(30-14-10-9-11-15-30)51-40(50-29)35-17-13-27-52(35)43(56)49-22-12-16-32(49)31-18-19-37-46(6)23-21-38(57-42(55)34-28-33(41(53)54)44(34,2)3)45(4,5)36(46)20-24-48(37,8)47(31,7)25-26-49/h9-11,14-15,31-38H,12-13,16-28H2,1-8H3,(H,50,51)(H,53,54)/t31-,32-,33+,34-,35+,36?,37?,38+,46+,47-,48-,49+/m1/s1. The highest BCUT2D eigenvalue weighted by Gasteiger charge is 2.71. The van der Waals surface area contributed by atoms with Gasteiger partial charge in [-0.2, -0.15) is 0 Å². The molecule has 57 heavy (non-hydrogen) atoms. The lowest BCUT2D eigenvalue weighted by atomic mass is 9.32. The van der Waals surface area contributed by atoms with Crippen molar-refractivity contribution in [1.82, 2.24) is 14.9 Å². The minimum absolute atomic E-state index is 0.0145. The number of nitrogens with one attached hydrogen (secondary N) is 1. The molecule has 2 heterocycles. The number of aromatic amines is 1. The molecule has 2 unspecified atom stereocenters. The fourth-order valence-electron chi connectivity index (χ4n) is 16.2. The van der Waals surface area contributed by atoms with Gasteiger partial charge in [-0.3, -0.25) is 14.4 Å². The summed E-state index contributed by atoms with van der Waals surface area (Å²) in [6.07, 6.45) is 14.4. The molecule has 1 aromatic heterocycles. The van der Waals surface area contributed by atoms with E-state index in [1.54, 1.807) is 0 Å². The minimum atomic E-state index is -0.812. The van der Waals surface area contributed by atoms with Crippen LogP contribution in [0.3, 0.4) is 0 Å². The number of likely N-dealkylation sites (tertiary alicyclic amines) is 1. The summed E-state index contributed by atoms with van der Waals surface area (Å²) in [6, 6.07) is 10.4. The molecule has 7 aliphatic rings. The molecule has 6 saturated carbocycles. The monoisotopic (exact) mass is 780 g/mol. The van der Waals surface area contributed by atoms with Crippen molar-refractivity contribution in [2.75, 3.05) is 6.54 Å². The van der Waals surface area contributed by atoms with E-state index in [0.29, 0.717) is 36.0 Å². The molecular weight excluding hydrogens is 711 g/mol.